The Morgan fingerprint density at radius 1 is 0.600 bits per heavy atom. The molecule has 0 fully saturated rings. The molecule has 0 radical (unpaired) electrons. The lowest BCUT2D eigenvalue weighted by atomic mass is 9.65. The average molecular weight is 394 g/mol. The number of rotatable bonds is 7. The largest absolute Gasteiger partial charge is 0.482 e. The molecule has 30 heavy (non-hydrogen) atoms. The zero-order chi connectivity index (χ0) is 20.8. The Bertz CT molecular complexity index is 993. The van der Waals surface area contributed by atoms with Gasteiger partial charge in [0.15, 0.2) is 6.61 Å². The molecule has 0 unspecified atom stereocenters. The van der Waals surface area contributed by atoms with Crippen LogP contribution in [0.1, 0.15) is 22.3 Å². The van der Waals surface area contributed by atoms with E-state index in [-0.39, 0.29) is 6.61 Å². The molecule has 1 N–H and O–H groups in total. The van der Waals surface area contributed by atoms with Crippen molar-refractivity contribution in [1.82, 2.24) is 0 Å². The SMILES string of the molecule is O=C(O)COc1ccc(C(c2ccccc2)(c2ccccc2)c2ccccc2)cc1. The zero-order valence-corrected chi connectivity index (χ0v) is 16.4. The van der Waals surface area contributed by atoms with Crippen molar-refractivity contribution in [3.8, 4) is 5.75 Å². The lowest BCUT2D eigenvalue weighted by molar-refractivity contribution is -0.139. The molecule has 0 spiro atoms. The Morgan fingerprint density at radius 3 is 1.33 bits per heavy atom. The van der Waals surface area contributed by atoms with Gasteiger partial charge >= 0.3 is 5.97 Å². The van der Waals surface area contributed by atoms with E-state index < -0.39 is 11.4 Å². The van der Waals surface area contributed by atoms with Crippen LogP contribution in [0.2, 0.25) is 0 Å². The van der Waals surface area contributed by atoms with Crippen LogP contribution in [0.3, 0.4) is 0 Å². The number of benzene rings is 4. The Morgan fingerprint density at radius 2 is 0.967 bits per heavy atom. The van der Waals surface area contributed by atoms with E-state index in [1.165, 1.54) is 0 Å². The van der Waals surface area contributed by atoms with Crippen LogP contribution < -0.4 is 4.74 Å². The fourth-order valence-corrected chi connectivity index (χ4v) is 4.01. The maximum Gasteiger partial charge on any atom is 0.341 e. The van der Waals surface area contributed by atoms with Crippen molar-refractivity contribution in [2.45, 2.75) is 5.41 Å². The molecule has 0 aliphatic rings. The van der Waals surface area contributed by atoms with Gasteiger partial charge in [-0.3, -0.25) is 0 Å². The maximum absolute atomic E-state index is 10.8. The van der Waals surface area contributed by atoms with E-state index in [0.717, 1.165) is 22.3 Å². The molecule has 0 atom stereocenters. The molecule has 0 saturated heterocycles. The topological polar surface area (TPSA) is 46.5 Å². The highest BCUT2D eigenvalue weighted by molar-refractivity contribution is 5.68. The summed E-state index contributed by atoms with van der Waals surface area (Å²) in [5, 5.41) is 8.88. The van der Waals surface area contributed by atoms with E-state index in [1.54, 1.807) is 0 Å². The molecule has 3 heteroatoms. The minimum Gasteiger partial charge on any atom is -0.482 e. The summed E-state index contributed by atoms with van der Waals surface area (Å²) >= 11 is 0. The van der Waals surface area contributed by atoms with Gasteiger partial charge in [-0.1, -0.05) is 103 Å². The van der Waals surface area contributed by atoms with Gasteiger partial charge in [-0.05, 0) is 34.4 Å². The van der Waals surface area contributed by atoms with Crippen LogP contribution in [0.15, 0.2) is 115 Å². The summed E-state index contributed by atoms with van der Waals surface area (Å²) < 4.78 is 5.35. The van der Waals surface area contributed by atoms with Crippen LogP contribution >= 0.6 is 0 Å². The summed E-state index contributed by atoms with van der Waals surface area (Å²) in [7, 11) is 0. The molecule has 148 valence electrons. The summed E-state index contributed by atoms with van der Waals surface area (Å²) in [4.78, 5) is 10.8. The minimum absolute atomic E-state index is 0.361. The number of aliphatic carboxylic acids is 1. The predicted molar refractivity (Wildman–Crippen MR) is 118 cm³/mol. The van der Waals surface area contributed by atoms with Crippen LogP contribution in [-0.4, -0.2) is 17.7 Å². The molecule has 0 heterocycles. The summed E-state index contributed by atoms with van der Waals surface area (Å²) in [6.45, 7) is -0.361. The monoisotopic (exact) mass is 394 g/mol. The van der Waals surface area contributed by atoms with Gasteiger partial charge in [0, 0.05) is 0 Å². The fraction of sp³-hybridized carbons (Fsp3) is 0.0741. The summed E-state index contributed by atoms with van der Waals surface area (Å²) in [5.41, 5.74) is 4.02. The number of carbonyl (C=O) groups is 1. The highest BCUT2D eigenvalue weighted by Gasteiger charge is 2.38. The van der Waals surface area contributed by atoms with Crippen LogP contribution in [0.4, 0.5) is 0 Å². The Labute approximate surface area is 176 Å². The molecule has 0 aliphatic carbocycles. The van der Waals surface area contributed by atoms with Crippen molar-refractivity contribution in [3.63, 3.8) is 0 Å². The number of hydrogen-bond acceptors (Lipinski definition) is 2. The van der Waals surface area contributed by atoms with Crippen molar-refractivity contribution in [1.29, 1.82) is 0 Å². The number of carboxylic acid groups (broad SMARTS) is 1. The van der Waals surface area contributed by atoms with Crippen molar-refractivity contribution in [2.75, 3.05) is 6.61 Å². The fourth-order valence-electron chi connectivity index (χ4n) is 4.01. The van der Waals surface area contributed by atoms with Gasteiger partial charge < -0.3 is 9.84 Å². The first-order valence-corrected chi connectivity index (χ1v) is 9.83. The first-order valence-electron chi connectivity index (χ1n) is 9.83. The van der Waals surface area contributed by atoms with Gasteiger partial charge in [-0.2, -0.15) is 0 Å². The van der Waals surface area contributed by atoms with E-state index >= 15 is 0 Å². The molecular formula is C27H22O3. The molecule has 0 amide bonds. The second-order valence-corrected chi connectivity index (χ2v) is 7.05. The molecule has 4 aromatic carbocycles. The molecule has 0 aliphatic heterocycles. The molecule has 3 nitrogen and oxygen atoms in total. The van der Waals surface area contributed by atoms with E-state index in [2.05, 4.69) is 72.8 Å². The Balaban J connectivity index is 1.95. The Kier molecular flexibility index (Phi) is 5.62. The third-order valence-corrected chi connectivity index (χ3v) is 5.27. The number of carboxylic acids is 1. The van der Waals surface area contributed by atoms with Gasteiger partial charge in [0.25, 0.3) is 0 Å². The molecule has 0 bridgehead atoms. The molecule has 4 rings (SSSR count). The van der Waals surface area contributed by atoms with E-state index in [9.17, 15) is 4.79 Å². The first-order chi connectivity index (χ1) is 14.7. The van der Waals surface area contributed by atoms with Crippen molar-refractivity contribution < 1.29 is 14.6 Å². The van der Waals surface area contributed by atoms with Crippen LogP contribution in [-0.2, 0) is 10.2 Å². The van der Waals surface area contributed by atoms with Gasteiger partial charge in [-0.15, -0.1) is 0 Å². The predicted octanol–water partition coefficient (Wildman–Crippen LogP) is 5.53. The third kappa shape index (κ3) is 3.70. The quantitative estimate of drug-likeness (QED) is 0.419. The standard InChI is InChI=1S/C27H22O3/c28-26(29)20-30-25-18-16-24(17-19-25)27(21-10-4-1-5-11-21,22-12-6-2-7-13-22)23-14-8-3-9-15-23/h1-19H,20H2,(H,28,29). The zero-order valence-electron chi connectivity index (χ0n) is 16.4. The van der Waals surface area contributed by atoms with E-state index in [4.69, 9.17) is 9.84 Å². The van der Waals surface area contributed by atoms with Crippen LogP contribution in [0, 0.1) is 0 Å². The Hall–Kier alpha value is -3.85. The van der Waals surface area contributed by atoms with Crippen molar-refractivity contribution >= 4 is 5.97 Å². The van der Waals surface area contributed by atoms with E-state index in [1.807, 2.05) is 42.5 Å². The summed E-state index contributed by atoms with van der Waals surface area (Å²) in [6.07, 6.45) is 0. The summed E-state index contributed by atoms with van der Waals surface area (Å²) in [6, 6.07) is 39.0. The first kappa shape index (κ1) is 19.5. The van der Waals surface area contributed by atoms with Crippen molar-refractivity contribution in [3.05, 3.63) is 138 Å². The van der Waals surface area contributed by atoms with Gasteiger partial charge in [0.2, 0.25) is 0 Å². The van der Waals surface area contributed by atoms with Gasteiger partial charge in [0.05, 0.1) is 5.41 Å². The van der Waals surface area contributed by atoms with E-state index in [0.29, 0.717) is 5.75 Å². The highest BCUT2D eigenvalue weighted by Crippen LogP contribution is 2.45. The van der Waals surface area contributed by atoms with Crippen LogP contribution in [0.5, 0.6) is 5.75 Å². The second kappa shape index (κ2) is 8.66. The lowest BCUT2D eigenvalue weighted by Gasteiger charge is -2.36. The van der Waals surface area contributed by atoms with Crippen molar-refractivity contribution in [2.24, 2.45) is 0 Å². The lowest BCUT2D eigenvalue weighted by Crippen LogP contribution is -2.30. The number of hydrogen-bond donors (Lipinski definition) is 1. The average Bonchev–Trinajstić information content (AvgIpc) is 2.81. The number of ether oxygens (including phenoxy) is 1. The second-order valence-electron chi connectivity index (χ2n) is 7.05. The van der Waals surface area contributed by atoms with Gasteiger partial charge in [0.1, 0.15) is 5.75 Å². The van der Waals surface area contributed by atoms with Crippen LogP contribution in [0.25, 0.3) is 0 Å². The summed E-state index contributed by atoms with van der Waals surface area (Å²) in [5.74, 6) is -0.462. The van der Waals surface area contributed by atoms with Gasteiger partial charge in [-0.25, -0.2) is 4.79 Å². The molecule has 0 saturated carbocycles. The molecule has 4 aromatic rings. The third-order valence-electron chi connectivity index (χ3n) is 5.27. The molecule has 0 aromatic heterocycles. The maximum atomic E-state index is 10.8. The smallest absolute Gasteiger partial charge is 0.341 e. The minimum atomic E-state index is -0.994. The normalized spacial score (nSPS) is 11.1. The molecular weight excluding hydrogens is 372 g/mol. The highest BCUT2D eigenvalue weighted by atomic mass is 16.5.